The van der Waals surface area contributed by atoms with E-state index in [2.05, 4.69) is 216 Å². The first-order valence-corrected chi connectivity index (χ1v) is 19.7. The second-order valence-electron chi connectivity index (χ2n) is 14.9. The first-order valence-electron chi connectivity index (χ1n) is 19.7. The van der Waals surface area contributed by atoms with Crippen LogP contribution in [-0.4, -0.2) is 0 Å². The molecule has 10 aromatic carbocycles. The Hall–Kier alpha value is -7.82. The van der Waals surface area contributed by atoms with Crippen molar-refractivity contribution >= 4 is 88.4 Å². The summed E-state index contributed by atoms with van der Waals surface area (Å²) in [5.41, 5.74) is 10.3. The Balaban J connectivity index is 1.01. The smallest absolute Gasteiger partial charge is 0.137 e. The fourth-order valence-corrected chi connectivity index (χ4v) is 9.00. The third kappa shape index (κ3) is 5.02. The largest absolute Gasteiger partial charge is 0.456 e. The predicted octanol–water partition coefficient (Wildman–Crippen LogP) is 15.8. The molecule has 0 aliphatic carbocycles. The van der Waals surface area contributed by atoms with Gasteiger partial charge in [-0.15, -0.1) is 0 Å². The van der Waals surface area contributed by atoms with Gasteiger partial charge in [-0.05, 0) is 89.1 Å². The molecular weight excluding hydrogens is 709 g/mol. The molecule has 4 heteroatoms. The zero-order valence-electron chi connectivity index (χ0n) is 31.3. The summed E-state index contributed by atoms with van der Waals surface area (Å²) in [6.07, 6.45) is 0. The Morgan fingerprint density at radius 1 is 0.310 bits per heavy atom. The van der Waals surface area contributed by atoms with Gasteiger partial charge < -0.3 is 19.0 Å². The second kappa shape index (κ2) is 12.9. The van der Waals surface area contributed by atoms with Crippen molar-refractivity contribution in [3.8, 4) is 22.6 Å². The van der Waals surface area contributed by atoms with E-state index in [0.29, 0.717) is 0 Å². The van der Waals surface area contributed by atoms with Crippen LogP contribution >= 0.6 is 0 Å². The number of ether oxygens (including phenoxy) is 1. The summed E-state index contributed by atoms with van der Waals surface area (Å²) >= 11 is 0. The fourth-order valence-electron chi connectivity index (χ4n) is 9.00. The lowest BCUT2D eigenvalue weighted by atomic mass is 9.92. The normalized spacial score (nSPS) is 11.9. The van der Waals surface area contributed by atoms with E-state index in [1.165, 1.54) is 21.5 Å². The number of hydrogen-bond donors (Lipinski definition) is 0. The van der Waals surface area contributed by atoms with Gasteiger partial charge in [-0.25, -0.2) is 0 Å². The van der Waals surface area contributed by atoms with Crippen molar-refractivity contribution in [1.29, 1.82) is 0 Å². The summed E-state index contributed by atoms with van der Waals surface area (Å²) in [5.74, 6) is 1.67. The summed E-state index contributed by atoms with van der Waals surface area (Å²) in [6, 6.07) is 73.0. The lowest BCUT2D eigenvalue weighted by Gasteiger charge is -2.30. The van der Waals surface area contributed by atoms with E-state index in [4.69, 9.17) is 9.15 Å². The Bertz CT molecular complexity index is 3380. The van der Waals surface area contributed by atoms with E-state index in [-0.39, 0.29) is 0 Å². The third-order valence-corrected chi connectivity index (χ3v) is 11.6. The highest BCUT2D eigenvalue weighted by Crippen LogP contribution is 2.53. The molecule has 0 bridgehead atoms. The van der Waals surface area contributed by atoms with E-state index in [0.717, 1.165) is 89.5 Å². The van der Waals surface area contributed by atoms with Crippen molar-refractivity contribution in [3.63, 3.8) is 0 Å². The summed E-state index contributed by atoms with van der Waals surface area (Å²) < 4.78 is 13.6. The van der Waals surface area contributed by atoms with Crippen molar-refractivity contribution in [1.82, 2.24) is 0 Å². The number of para-hydroxylation sites is 2. The number of anilines is 6. The maximum Gasteiger partial charge on any atom is 0.137 e. The highest BCUT2D eigenvalue weighted by Gasteiger charge is 2.26. The van der Waals surface area contributed by atoms with Gasteiger partial charge in [-0.1, -0.05) is 127 Å². The first-order chi connectivity index (χ1) is 28.8. The van der Waals surface area contributed by atoms with Crippen LogP contribution in [0.1, 0.15) is 0 Å². The van der Waals surface area contributed by atoms with Gasteiger partial charge in [0, 0.05) is 61.0 Å². The molecule has 0 unspecified atom stereocenters. The minimum atomic E-state index is 0.822. The zero-order valence-corrected chi connectivity index (χ0v) is 31.3. The number of fused-ring (bicyclic) bond motifs is 7. The van der Waals surface area contributed by atoms with E-state index in [1.54, 1.807) is 0 Å². The Labute approximate surface area is 335 Å². The summed E-state index contributed by atoms with van der Waals surface area (Å²) in [6.45, 7) is 0. The zero-order chi connectivity index (χ0) is 38.2. The van der Waals surface area contributed by atoms with Crippen molar-refractivity contribution in [2.45, 2.75) is 0 Å². The standard InChI is InChI=1S/C54H34N2O2/c1-3-18-37(19-4-1)55(47-25-11-16-35-14-7-9-22-40(35)47)39-28-29-42-45-33-53-46(34-52(45)58-51(42)32-39)43-30-31-49(44-24-13-27-50(57-53)54(43)44)56(38-20-5-2-6-21-38)48-26-12-17-36-15-8-10-23-41(36)48/h1-34H. The average Bonchev–Trinajstić information content (AvgIpc) is 3.64. The lowest BCUT2D eigenvalue weighted by Crippen LogP contribution is -2.11. The molecule has 12 rings (SSSR count). The number of furan rings is 1. The molecule has 0 spiro atoms. The quantitative estimate of drug-likeness (QED) is 0.170. The van der Waals surface area contributed by atoms with Crippen molar-refractivity contribution in [2.75, 3.05) is 9.80 Å². The summed E-state index contributed by atoms with van der Waals surface area (Å²) in [5, 5.41) is 9.03. The monoisotopic (exact) mass is 742 g/mol. The van der Waals surface area contributed by atoms with Gasteiger partial charge in [0.1, 0.15) is 22.7 Å². The van der Waals surface area contributed by atoms with Gasteiger partial charge in [0.2, 0.25) is 0 Å². The van der Waals surface area contributed by atoms with E-state index >= 15 is 0 Å². The molecule has 0 atom stereocenters. The summed E-state index contributed by atoms with van der Waals surface area (Å²) in [7, 11) is 0. The highest BCUT2D eigenvalue weighted by molar-refractivity contribution is 6.15. The number of hydrogen-bond acceptors (Lipinski definition) is 4. The maximum absolute atomic E-state index is 6.84. The molecule has 0 saturated carbocycles. The van der Waals surface area contributed by atoms with Crippen LogP contribution in [0.25, 0.3) is 65.4 Å². The van der Waals surface area contributed by atoms with Gasteiger partial charge in [0.25, 0.3) is 0 Å². The topological polar surface area (TPSA) is 28.9 Å². The molecule has 0 radical (unpaired) electrons. The minimum Gasteiger partial charge on any atom is -0.456 e. The van der Waals surface area contributed by atoms with Crippen LogP contribution in [0.2, 0.25) is 0 Å². The SMILES string of the molecule is c1ccc(N(c2ccc3c(c2)oc2cc4c(cc23)Oc2cccc3c(N(c5ccccc5)c5cccc6ccccc56)ccc-4c23)c2cccc3ccccc23)cc1. The van der Waals surface area contributed by atoms with Crippen molar-refractivity contribution < 1.29 is 9.15 Å². The lowest BCUT2D eigenvalue weighted by molar-refractivity contribution is 0.487. The molecule has 1 aliphatic heterocycles. The molecule has 4 nitrogen and oxygen atoms in total. The fraction of sp³-hybridized carbons (Fsp3) is 0. The molecule has 1 aliphatic rings. The summed E-state index contributed by atoms with van der Waals surface area (Å²) in [4.78, 5) is 4.69. The van der Waals surface area contributed by atoms with Gasteiger partial charge in [-0.2, -0.15) is 0 Å². The molecule has 0 amide bonds. The molecule has 272 valence electrons. The van der Waals surface area contributed by atoms with Crippen LogP contribution in [0.3, 0.4) is 0 Å². The number of benzene rings is 10. The second-order valence-corrected chi connectivity index (χ2v) is 14.9. The van der Waals surface area contributed by atoms with Crippen LogP contribution in [-0.2, 0) is 0 Å². The molecule has 11 aromatic rings. The van der Waals surface area contributed by atoms with Gasteiger partial charge in [0.15, 0.2) is 0 Å². The van der Waals surface area contributed by atoms with E-state index < -0.39 is 0 Å². The van der Waals surface area contributed by atoms with Crippen molar-refractivity contribution in [2.24, 2.45) is 0 Å². The molecule has 0 saturated heterocycles. The van der Waals surface area contributed by atoms with E-state index in [9.17, 15) is 0 Å². The third-order valence-electron chi connectivity index (χ3n) is 11.6. The van der Waals surface area contributed by atoms with Crippen LogP contribution < -0.4 is 14.5 Å². The number of rotatable bonds is 6. The number of nitrogens with zero attached hydrogens (tertiary/aromatic N) is 2. The average molecular weight is 743 g/mol. The predicted molar refractivity (Wildman–Crippen MR) is 241 cm³/mol. The molecule has 0 N–H and O–H groups in total. The molecule has 0 fully saturated rings. The Morgan fingerprint density at radius 2 is 0.879 bits per heavy atom. The molecule has 2 heterocycles. The van der Waals surface area contributed by atoms with Gasteiger partial charge in [0.05, 0.1) is 17.1 Å². The van der Waals surface area contributed by atoms with Crippen LogP contribution in [0.5, 0.6) is 11.5 Å². The van der Waals surface area contributed by atoms with E-state index in [1.807, 2.05) is 0 Å². The Kier molecular flexibility index (Phi) is 7.20. The highest BCUT2D eigenvalue weighted by atomic mass is 16.5. The van der Waals surface area contributed by atoms with Crippen LogP contribution in [0, 0.1) is 0 Å². The Morgan fingerprint density at radius 3 is 1.60 bits per heavy atom. The minimum absolute atomic E-state index is 0.822. The molecular formula is C54H34N2O2. The van der Waals surface area contributed by atoms with Crippen LogP contribution in [0.15, 0.2) is 211 Å². The van der Waals surface area contributed by atoms with Gasteiger partial charge in [-0.3, -0.25) is 0 Å². The van der Waals surface area contributed by atoms with Crippen molar-refractivity contribution in [3.05, 3.63) is 206 Å². The van der Waals surface area contributed by atoms with Crippen LogP contribution in [0.4, 0.5) is 34.1 Å². The molecule has 1 aromatic heterocycles. The maximum atomic E-state index is 6.84. The first kappa shape index (κ1) is 32.4. The van der Waals surface area contributed by atoms with Gasteiger partial charge >= 0.3 is 0 Å². The molecule has 58 heavy (non-hydrogen) atoms.